The smallest absolute Gasteiger partial charge is 0.337 e. The Hall–Kier alpha value is -3.78. The van der Waals surface area contributed by atoms with Crippen LogP contribution in [-0.2, 0) is 11.3 Å². The molecule has 0 unspecified atom stereocenters. The van der Waals surface area contributed by atoms with Crippen LogP contribution in [0.1, 0.15) is 15.9 Å². The van der Waals surface area contributed by atoms with Crippen molar-refractivity contribution in [2.24, 2.45) is 5.73 Å². The van der Waals surface area contributed by atoms with Gasteiger partial charge in [0.1, 0.15) is 12.4 Å². The molecule has 0 atom stereocenters. The first kappa shape index (κ1) is 19.5. The summed E-state index contributed by atoms with van der Waals surface area (Å²) in [6, 6.07) is 13.6. The number of aromatic nitrogens is 1. The fourth-order valence-electron chi connectivity index (χ4n) is 3.61. The Morgan fingerprint density at radius 3 is 2.33 bits per heavy atom. The number of benzene rings is 3. The van der Waals surface area contributed by atoms with E-state index in [4.69, 9.17) is 15.6 Å². The van der Waals surface area contributed by atoms with Crippen LogP contribution in [0.3, 0.4) is 0 Å². The Morgan fingerprint density at radius 1 is 0.967 bits per heavy atom. The molecule has 0 aliphatic carbocycles. The van der Waals surface area contributed by atoms with Gasteiger partial charge in [-0.05, 0) is 30.3 Å². The standard InChI is InChI=1S/C22H16F2N2O4/c23-14-6-1-4-12(21(14)24)10-26-15-7-2-5-13(22(25)29)19(15)20-16(26)8-3-9-17(20)30-18(28)11-27/h1-9,27H,10-11H2,(H2,25,29). The van der Waals surface area contributed by atoms with Crippen LogP contribution < -0.4 is 10.5 Å². The van der Waals surface area contributed by atoms with Crippen LogP contribution in [0.5, 0.6) is 5.75 Å². The van der Waals surface area contributed by atoms with Crippen molar-refractivity contribution >= 4 is 33.7 Å². The zero-order chi connectivity index (χ0) is 21.4. The summed E-state index contributed by atoms with van der Waals surface area (Å²) in [6.45, 7) is -0.866. The van der Waals surface area contributed by atoms with E-state index in [-0.39, 0.29) is 23.4 Å². The van der Waals surface area contributed by atoms with Gasteiger partial charge in [-0.15, -0.1) is 0 Å². The average Bonchev–Trinajstić information content (AvgIpc) is 3.06. The number of nitrogens with zero attached hydrogens (tertiary/aromatic N) is 1. The summed E-state index contributed by atoms with van der Waals surface area (Å²) < 4.78 is 35.0. The van der Waals surface area contributed by atoms with E-state index < -0.39 is 30.1 Å². The van der Waals surface area contributed by atoms with Crippen molar-refractivity contribution in [3.63, 3.8) is 0 Å². The first-order chi connectivity index (χ1) is 14.4. The normalized spacial score (nSPS) is 11.2. The maximum absolute atomic E-state index is 14.3. The van der Waals surface area contributed by atoms with Crippen molar-refractivity contribution in [2.45, 2.75) is 6.54 Å². The Labute approximate surface area is 169 Å². The molecule has 1 heterocycles. The van der Waals surface area contributed by atoms with Gasteiger partial charge in [0.15, 0.2) is 11.6 Å². The number of esters is 1. The Bertz CT molecular complexity index is 1310. The van der Waals surface area contributed by atoms with Gasteiger partial charge in [-0.25, -0.2) is 13.6 Å². The van der Waals surface area contributed by atoms with E-state index in [1.807, 2.05) is 0 Å². The predicted octanol–water partition coefficient (Wildman–Crippen LogP) is 3.12. The molecule has 0 fully saturated rings. The molecular formula is C22H16F2N2O4. The number of fused-ring (bicyclic) bond motifs is 3. The molecule has 30 heavy (non-hydrogen) atoms. The van der Waals surface area contributed by atoms with E-state index in [1.54, 1.807) is 28.8 Å². The number of carbonyl (C=O) groups excluding carboxylic acids is 2. The zero-order valence-electron chi connectivity index (χ0n) is 15.6. The van der Waals surface area contributed by atoms with Gasteiger partial charge < -0.3 is 20.1 Å². The fraction of sp³-hybridized carbons (Fsp3) is 0.0909. The summed E-state index contributed by atoms with van der Waals surface area (Å²) in [5.41, 5.74) is 6.88. The molecule has 0 spiro atoms. The second-order valence-corrected chi connectivity index (χ2v) is 6.65. The van der Waals surface area contributed by atoms with Crippen molar-refractivity contribution in [3.8, 4) is 5.75 Å². The highest BCUT2D eigenvalue weighted by molar-refractivity contribution is 6.20. The zero-order valence-corrected chi connectivity index (χ0v) is 15.6. The van der Waals surface area contributed by atoms with Crippen LogP contribution in [0.25, 0.3) is 21.8 Å². The van der Waals surface area contributed by atoms with Gasteiger partial charge >= 0.3 is 5.97 Å². The van der Waals surface area contributed by atoms with Gasteiger partial charge in [-0.1, -0.05) is 24.3 Å². The molecule has 4 aromatic rings. The highest BCUT2D eigenvalue weighted by Crippen LogP contribution is 2.38. The molecule has 0 radical (unpaired) electrons. The number of carbonyl (C=O) groups is 2. The Kier molecular flexibility index (Phi) is 4.93. The molecule has 8 heteroatoms. The number of rotatable bonds is 5. The number of aliphatic hydroxyl groups excluding tert-OH is 1. The number of aliphatic hydroxyl groups is 1. The summed E-state index contributed by atoms with van der Waals surface area (Å²) in [7, 11) is 0. The molecule has 1 amide bonds. The third-order valence-corrected chi connectivity index (χ3v) is 4.86. The van der Waals surface area contributed by atoms with Crippen molar-refractivity contribution in [2.75, 3.05) is 6.61 Å². The summed E-state index contributed by atoms with van der Waals surface area (Å²) in [5.74, 6) is -3.40. The number of hydrogen-bond donors (Lipinski definition) is 2. The van der Waals surface area contributed by atoms with Crippen molar-refractivity contribution < 1.29 is 28.2 Å². The van der Waals surface area contributed by atoms with Gasteiger partial charge in [0, 0.05) is 16.5 Å². The predicted molar refractivity (Wildman–Crippen MR) is 106 cm³/mol. The summed E-state index contributed by atoms with van der Waals surface area (Å²) in [5, 5.41) is 9.87. The second kappa shape index (κ2) is 7.57. The number of halogens is 2. The van der Waals surface area contributed by atoms with Gasteiger partial charge in [-0.3, -0.25) is 4.79 Å². The third-order valence-electron chi connectivity index (χ3n) is 4.86. The maximum Gasteiger partial charge on any atom is 0.337 e. The molecule has 152 valence electrons. The minimum absolute atomic E-state index is 0.0385. The summed E-state index contributed by atoms with van der Waals surface area (Å²) in [4.78, 5) is 23.8. The lowest BCUT2D eigenvalue weighted by Gasteiger charge is -2.10. The molecular weight excluding hydrogens is 394 g/mol. The summed E-state index contributed by atoms with van der Waals surface area (Å²) in [6.07, 6.45) is 0. The van der Waals surface area contributed by atoms with Crippen molar-refractivity contribution in [1.82, 2.24) is 4.57 Å². The SMILES string of the molecule is NC(=O)c1cccc2c1c1c(OC(=O)CO)cccc1n2Cc1cccc(F)c1F. The Morgan fingerprint density at radius 2 is 1.63 bits per heavy atom. The van der Waals surface area contributed by atoms with E-state index in [0.29, 0.717) is 21.8 Å². The van der Waals surface area contributed by atoms with E-state index in [1.165, 1.54) is 24.3 Å². The lowest BCUT2D eigenvalue weighted by atomic mass is 10.1. The topological polar surface area (TPSA) is 94.6 Å². The Balaban J connectivity index is 2.06. The molecule has 0 aliphatic rings. The molecule has 1 aromatic heterocycles. The minimum atomic E-state index is -0.971. The lowest BCUT2D eigenvalue weighted by molar-refractivity contribution is -0.137. The highest BCUT2D eigenvalue weighted by atomic mass is 19.2. The van der Waals surface area contributed by atoms with E-state index >= 15 is 0 Å². The quantitative estimate of drug-likeness (QED) is 0.390. The second-order valence-electron chi connectivity index (χ2n) is 6.65. The number of nitrogens with two attached hydrogens (primary N) is 1. The van der Waals surface area contributed by atoms with Crippen LogP contribution in [-0.4, -0.2) is 28.2 Å². The molecule has 4 rings (SSSR count). The molecule has 6 nitrogen and oxygen atoms in total. The molecule has 3 aromatic carbocycles. The number of primary amides is 1. The van der Waals surface area contributed by atoms with Crippen LogP contribution in [0.15, 0.2) is 54.6 Å². The van der Waals surface area contributed by atoms with E-state index in [9.17, 15) is 18.4 Å². The highest BCUT2D eigenvalue weighted by Gasteiger charge is 2.21. The van der Waals surface area contributed by atoms with Crippen LogP contribution in [0.4, 0.5) is 8.78 Å². The third kappa shape index (κ3) is 3.17. The molecule has 0 saturated heterocycles. The van der Waals surface area contributed by atoms with Crippen molar-refractivity contribution in [1.29, 1.82) is 0 Å². The molecule has 0 aliphatic heterocycles. The molecule has 3 N–H and O–H groups in total. The van der Waals surface area contributed by atoms with Gasteiger partial charge in [0.05, 0.1) is 23.0 Å². The van der Waals surface area contributed by atoms with E-state index in [2.05, 4.69) is 0 Å². The fourth-order valence-corrected chi connectivity index (χ4v) is 3.61. The van der Waals surface area contributed by atoms with Gasteiger partial charge in [0.2, 0.25) is 5.91 Å². The minimum Gasteiger partial charge on any atom is -0.424 e. The van der Waals surface area contributed by atoms with Gasteiger partial charge in [0.25, 0.3) is 0 Å². The molecule has 0 saturated carbocycles. The number of hydrogen-bond acceptors (Lipinski definition) is 4. The van der Waals surface area contributed by atoms with Crippen LogP contribution in [0.2, 0.25) is 0 Å². The van der Waals surface area contributed by atoms with Crippen molar-refractivity contribution in [3.05, 3.63) is 77.4 Å². The van der Waals surface area contributed by atoms with Crippen LogP contribution in [0, 0.1) is 11.6 Å². The monoisotopic (exact) mass is 410 g/mol. The number of ether oxygens (including phenoxy) is 1. The average molecular weight is 410 g/mol. The van der Waals surface area contributed by atoms with E-state index in [0.717, 1.165) is 6.07 Å². The lowest BCUT2D eigenvalue weighted by Crippen LogP contribution is -2.13. The first-order valence-corrected chi connectivity index (χ1v) is 9.00. The maximum atomic E-state index is 14.3. The number of amides is 1. The van der Waals surface area contributed by atoms with Gasteiger partial charge in [-0.2, -0.15) is 0 Å². The van der Waals surface area contributed by atoms with Crippen LogP contribution >= 0.6 is 0 Å². The largest absolute Gasteiger partial charge is 0.424 e. The summed E-state index contributed by atoms with van der Waals surface area (Å²) >= 11 is 0. The molecule has 0 bridgehead atoms. The first-order valence-electron chi connectivity index (χ1n) is 9.00.